The van der Waals surface area contributed by atoms with Crippen LogP contribution in [-0.4, -0.2) is 39.8 Å². The van der Waals surface area contributed by atoms with Gasteiger partial charge in [-0.3, -0.25) is 0 Å². The molecule has 2 aliphatic heterocycles. The quantitative estimate of drug-likeness (QED) is 0.549. The Kier molecular flexibility index (Phi) is 4.35. The number of anilines is 2. The SMILES string of the molecule is CNC(=O)Nc1ccc(-c2cnn3c(N)cc(C4CC5CCC(C4)N5)nc23)cc1. The van der Waals surface area contributed by atoms with Gasteiger partial charge in [-0.25, -0.2) is 9.78 Å². The van der Waals surface area contributed by atoms with Crippen LogP contribution in [0.3, 0.4) is 0 Å². The van der Waals surface area contributed by atoms with Crippen molar-refractivity contribution in [3.63, 3.8) is 0 Å². The van der Waals surface area contributed by atoms with E-state index in [1.54, 1.807) is 17.8 Å². The molecule has 2 aliphatic rings. The zero-order chi connectivity index (χ0) is 20.0. The summed E-state index contributed by atoms with van der Waals surface area (Å²) >= 11 is 0. The van der Waals surface area contributed by atoms with Crippen LogP contribution in [0, 0.1) is 0 Å². The van der Waals surface area contributed by atoms with Crippen LogP contribution in [0.2, 0.25) is 0 Å². The summed E-state index contributed by atoms with van der Waals surface area (Å²) in [7, 11) is 1.59. The molecule has 2 fully saturated rings. The van der Waals surface area contributed by atoms with Gasteiger partial charge < -0.3 is 21.7 Å². The lowest BCUT2D eigenvalue weighted by atomic mass is 9.89. The topological polar surface area (TPSA) is 109 Å². The van der Waals surface area contributed by atoms with Gasteiger partial charge in [0.15, 0.2) is 5.65 Å². The molecule has 150 valence electrons. The summed E-state index contributed by atoms with van der Waals surface area (Å²) in [5.41, 5.74) is 10.8. The van der Waals surface area contributed by atoms with Crippen molar-refractivity contribution < 1.29 is 4.79 Å². The minimum Gasteiger partial charge on any atom is -0.384 e. The maximum atomic E-state index is 11.5. The van der Waals surface area contributed by atoms with E-state index >= 15 is 0 Å². The Hall–Kier alpha value is -3.13. The molecule has 0 saturated carbocycles. The first-order chi connectivity index (χ1) is 14.1. The van der Waals surface area contributed by atoms with Crippen LogP contribution >= 0.6 is 0 Å². The summed E-state index contributed by atoms with van der Waals surface area (Å²) in [4.78, 5) is 16.5. The van der Waals surface area contributed by atoms with Crippen molar-refractivity contribution in [2.45, 2.75) is 43.7 Å². The second-order valence-electron chi connectivity index (χ2n) is 7.99. The second-order valence-corrected chi connectivity index (χ2v) is 7.99. The summed E-state index contributed by atoms with van der Waals surface area (Å²) in [5.74, 6) is 1.04. The summed E-state index contributed by atoms with van der Waals surface area (Å²) in [6.07, 6.45) is 6.54. The van der Waals surface area contributed by atoms with E-state index in [1.165, 1.54) is 12.8 Å². The van der Waals surface area contributed by atoms with Gasteiger partial charge in [0.2, 0.25) is 0 Å². The van der Waals surface area contributed by atoms with E-state index in [0.29, 0.717) is 23.8 Å². The highest BCUT2D eigenvalue weighted by Crippen LogP contribution is 2.37. The number of hydrogen-bond donors (Lipinski definition) is 4. The zero-order valence-corrected chi connectivity index (χ0v) is 16.4. The third-order valence-corrected chi connectivity index (χ3v) is 6.09. The molecule has 29 heavy (non-hydrogen) atoms. The minimum atomic E-state index is -0.247. The Morgan fingerprint density at radius 2 is 1.93 bits per heavy atom. The van der Waals surface area contributed by atoms with Crippen LogP contribution in [0.4, 0.5) is 16.3 Å². The zero-order valence-electron chi connectivity index (χ0n) is 16.4. The summed E-state index contributed by atoms with van der Waals surface area (Å²) in [6, 6.07) is 10.6. The molecule has 2 bridgehead atoms. The average Bonchev–Trinajstić information content (AvgIpc) is 3.31. The van der Waals surface area contributed by atoms with Gasteiger partial charge in [-0.05, 0) is 43.4 Å². The first kappa shape index (κ1) is 17.9. The number of nitrogen functional groups attached to an aromatic ring is 1. The molecule has 5 N–H and O–H groups in total. The molecule has 8 heteroatoms. The van der Waals surface area contributed by atoms with Crippen molar-refractivity contribution in [3.05, 3.63) is 42.2 Å². The number of carbonyl (C=O) groups excluding carboxylic acids is 1. The van der Waals surface area contributed by atoms with Crippen molar-refractivity contribution in [1.82, 2.24) is 25.2 Å². The molecule has 2 atom stereocenters. The number of piperidine rings is 1. The van der Waals surface area contributed by atoms with Gasteiger partial charge in [0.25, 0.3) is 0 Å². The number of hydrogen-bond acceptors (Lipinski definition) is 5. The van der Waals surface area contributed by atoms with Crippen molar-refractivity contribution in [1.29, 1.82) is 0 Å². The normalized spacial score (nSPS) is 23.3. The van der Waals surface area contributed by atoms with Crippen LogP contribution in [-0.2, 0) is 0 Å². The molecular weight excluding hydrogens is 366 g/mol. The molecule has 2 saturated heterocycles. The van der Waals surface area contributed by atoms with Gasteiger partial charge in [0.1, 0.15) is 5.82 Å². The van der Waals surface area contributed by atoms with Crippen LogP contribution in [0.5, 0.6) is 0 Å². The van der Waals surface area contributed by atoms with Crippen LogP contribution in [0.25, 0.3) is 16.8 Å². The highest BCUT2D eigenvalue weighted by molar-refractivity contribution is 5.89. The minimum absolute atomic E-state index is 0.247. The number of benzene rings is 1. The Morgan fingerprint density at radius 1 is 1.21 bits per heavy atom. The molecule has 2 amide bonds. The van der Waals surface area contributed by atoms with Crippen LogP contribution in [0.1, 0.15) is 37.3 Å². The lowest BCUT2D eigenvalue weighted by Crippen LogP contribution is -2.37. The van der Waals surface area contributed by atoms with Crippen LogP contribution in [0.15, 0.2) is 36.5 Å². The number of nitrogens with two attached hydrogens (primary N) is 1. The molecule has 0 aliphatic carbocycles. The van der Waals surface area contributed by atoms with Gasteiger partial charge in [0, 0.05) is 48.1 Å². The van der Waals surface area contributed by atoms with E-state index in [4.69, 9.17) is 10.7 Å². The van der Waals surface area contributed by atoms with Crippen molar-refractivity contribution in [3.8, 4) is 11.1 Å². The number of amides is 2. The number of fused-ring (bicyclic) bond motifs is 3. The third-order valence-electron chi connectivity index (χ3n) is 6.09. The highest BCUT2D eigenvalue weighted by atomic mass is 16.2. The molecule has 2 unspecified atom stereocenters. The van der Waals surface area contributed by atoms with Gasteiger partial charge in [-0.15, -0.1) is 0 Å². The fraction of sp³-hybridized carbons (Fsp3) is 0.381. The number of rotatable bonds is 3. The predicted octanol–water partition coefficient (Wildman–Crippen LogP) is 2.73. The van der Waals surface area contributed by atoms with Gasteiger partial charge in [-0.2, -0.15) is 9.61 Å². The first-order valence-electron chi connectivity index (χ1n) is 10.1. The maximum absolute atomic E-state index is 11.5. The second kappa shape index (κ2) is 7.04. The Bertz CT molecular complexity index is 1050. The number of urea groups is 1. The molecule has 0 radical (unpaired) electrons. The monoisotopic (exact) mass is 391 g/mol. The van der Waals surface area contributed by atoms with E-state index in [-0.39, 0.29) is 6.03 Å². The van der Waals surface area contributed by atoms with E-state index in [9.17, 15) is 4.79 Å². The first-order valence-corrected chi connectivity index (χ1v) is 10.1. The van der Waals surface area contributed by atoms with Crippen molar-refractivity contribution in [2.75, 3.05) is 18.1 Å². The summed E-state index contributed by atoms with van der Waals surface area (Å²) < 4.78 is 1.70. The predicted molar refractivity (Wildman–Crippen MR) is 113 cm³/mol. The van der Waals surface area contributed by atoms with Gasteiger partial charge in [0.05, 0.1) is 6.20 Å². The number of aromatic nitrogens is 3. The molecule has 2 aromatic heterocycles. The van der Waals surface area contributed by atoms with Crippen LogP contribution < -0.4 is 21.7 Å². The van der Waals surface area contributed by atoms with Crippen molar-refractivity contribution in [2.24, 2.45) is 0 Å². The number of nitrogens with zero attached hydrogens (tertiary/aromatic N) is 3. The third kappa shape index (κ3) is 3.29. The molecule has 3 aromatic rings. The Morgan fingerprint density at radius 3 is 2.62 bits per heavy atom. The smallest absolute Gasteiger partial charge is 0.318 e. The fourth-order valence-corrected chi connectivity index (χ4v) is 4.64. The maximum Gasteiger partial charge on any atom is 0.318 e. The summed E-state index contributed by atoms with van der Waals surface area (Å²) in [5, 5.41) is 13.4. The number of nitrogens with one attached hydrogen (secondary N) is 3. The average molecular weight is 391 g/mol. The molecule has 4 heterocycles. The van der Waals surface area contributed by atoms with E-state index in [2.05, 4.69) is 21.0 Å². The highest BCUT2D eigenvalue weighted by Gasteiger charge is 2.35. The fourth-order valence-electron chi connectivity index (χ4n) is 4.64. The summed E-state index contributed by atoms with van der Waals surface area (Å²) in [6.45, 7) is 0. The molecule has 5 rings (SSSR count). The Labute approximate surface area is 168 Å². The van der Waals surface area contributed by atoms with E-state index < -0.39 is 0 Å². The lowest BCUT2D eigenvalue weighted by molar-refractivity contribution is 0.254. The molecule has 1 aromatic carbocycles. The van der Waals surface area contributed by atoms with E-state index in [1.807, 2.05) is 30.3 Å². The molecule has 8 nitrogen and oxygen atoms in total. The Balaban J connectivity index is 1.48. The largest absolute Gasteiger partial charge is 0.384 e. The number of carbonyl (C=O) groups is 1. The van der Waals surface area contributed by atoms with Crippen molar-refractivity contribution >= 4 is 23.2 Å². The lowest BCUT2D eigenvalue weighted by Gasteiger charge is -2.28. The molecule has 0 spiro atoms. The van der Waals surface area contributed by atoms with E-state index in [0.717, 1.165) is 41.0 Å². The van der Waals surface area contributed by atoms with Gasteiger partial charge >= 0.3 is 6.03 Å². The standard InChI is InChI=1S/C21H25N7O/c1-23-21(29)26-14-4-2-12(3-5-14)17-11-24-28-19(22)10-18(27-20(17)28)13-8-15-6-7-16(9-13)25-15/h2-5,10-11,13,15-16,25H,6-9,22H2,1H3,(H2,23,26,29). The van der Waals surface area contributed by atoms with Gasteiger partial charge in [-0.1, -0.05) is 12.1 Å². The molecular formula is C21H25N7O.